The fourth-order valence-corrected chi connectivity index (χ4v) is 5.25. The van der Waals surface area contributed by atoms with Gasteiger partial charge in [-0.25, -0.2) is 4.68 Å². The first-order valence-corrected chi connectivity index (χ1v) is 13.2. The lowest BCUT2D eigenvalue weighted by Crippen LogP contribution is -2.48. The average molecular weight is 512 g/mol. The number of amides is 2. The van der Waals surface area contributed by atoms with Gasteiger partial charge in [-0.2, -0.15) is 0 Å². The van der Waals surface area contributed by atoms with Gasteiger partial charge in [-0.15, -0.1) is 5.10 Å². The summed E-state index contributed by atoms with van der Waals surface area (Å²) in [7, 11) is 0. The summed E-state index contributed by atoms with van der Waals surface area (Å²) in [4.78, 5) is 29.8. The van der Waals surface area contributed by atoms with Gasteiger partial charge in [0.15, 0.2) is 0 Å². The van der Waals surface area contributed by atoms with Crippen LogP contribution in [0.4, 0.5) is 5.69 Å². The summed E-state index contributed by atoms with van der Waals surface area (Å²) in [6.45, 7) is 3.87. The third kappa shape index (κ3) is 5.25. The molecule has 0 radical (unpaired) electrons. The molecule has 0 spiro atoms. The molecule has 4 aromatic rings. The Morgan fingerprint density at radius 1 is 1.00 bits per heavy atom. The van der Waals surface area contributed by atoms with Gasteiger partial charge in [-0.1, -0.05) is 60.9 Å². The number of aromatic hydroxyl groups is 1. The van der Waals surface area contributed by atoms with Crippen LogP contribution in [0.5, 0.6) is 5.75 Å². The molecule has 1 atom stereocenters. The van der Waals surface area contributed by atoms with Crippen LogP contribution in [0.3, 0.4) is 0 Å². The third-order valence-electron chi connectivity index (χ3n) is 7.48. The quantitative estimate of drug-likeness (QED) is 0.365. The number of aryl methyl sites for hydroxylation is 1. The van der Waals surface area contributed by atoms with Crippen LogP contribution < -0.4 is 10.2 Å². The number of benzene rings is 3. The molecule has 38 heavy (non-hydrogen) atoms. The lowest BCUT2D eigenvalue weighted by molar-refractivity contribution is -0.127. The molecule has 0 aliphatic heterocycles. The molecule has 1 saturated carbocycles. The predicted molar refractivity (Wildman–Crippen MR) is 147 cm³/mol. The largest absolute Gasteiger partial charge is 0.508 e. The maximum Gasteiger partial charge on any atom is 0.249 e. The van der Waals surface area contributed by atoms with Gasteiger partial charge in [0.1, 0.15) is 23.9 Å². The van der Waals surface area contributed by atoms with Gasteiger partial charge in [-0.3, -0.25) is 14.5 Å². The Morgan fingerprint density at radius 3 is 2.50 bits per heavy atom. The van der Waals surface area contributed by atoms with Crippen molar-refractivity contribution in [2.24, 2.45) is 0 Å². The lowest BCUT2D eigenvalue weighted by atomic mass is 9.94. The summed E-state index contributed by atoms with van der Waals surface area (Å²) in [5.74, 6) is -0.426. The number of phenolic OH excluding ortho intramolecular Hbond substituents is 1. The van der Waals surface area contributed by atoms with Crippen LogP contribution in [-0.4, -0.2) is 38.0 Å². The molecule has 1 unspecified atom stereocenters. The summed E-state index contributed by atoms with van der Waals surface area (Å²) in [5.41, 5.74) is 4.66. The van der Waals surface area contributed by atoms with E-state index in [1.54, 1.807) is 33.8 Å². The number of hydrogen-bond donors (Lipinski definition) is 2. The van der Waals surface area contributed by atoms with Crippen molar-refractivity contribution in [3.05, 3.63) is 83.4 Å². The van der Waals surface area contributed by atoms with Crippen LogP contribution in [0.2, 0.25) is 0 Å². The second kappa shape index (κ2) is 11.0. The number of para-hydroxylation sites is 1. The van der Waals surface area contributed by atoms with Crippen molar-refractivity contribution in [1.82, 2.24) is 20.3 Å². The Kier molecular flexibility index (Phi) is 7.40. The van der Waals surface area contributed by atoms with Gasteiger partial charge in [-0.05, 0) is 73.7 Å². The Balaban J connectivity index is 1.59. The molecule has 1 aliphatic rings. The molecule has 5 rings (SSSR count). The molecule has 196 valence electrons. The highest BCUT2D eigenvalue weighted by Crippen LogP contribution is 2.33. The Hall–Kier alpha value is -4.20. The van der Waals surface area contributed by atoms with E-state index in [2.05, 4.69) is 15.6 Å². The highest BCUT2D eigenvalue weighted by atomic mass is 16.3. The maximum absolute atomic E-state index is 14.2. The molecular weight excluding hydrogens is 478 g/mol. The maximum atomic E-state index is 14.2. The van der Waals surface area contributed by atoms with Crippen molar-refractivity contribution in [2.75, 3.05) is 4.90 Å². The first-order chi connectivity index (χ1) is 18.4. The van der Waals surface area contributed by atoms with E-state index in [1.807, 2.05) is 56.3 Å². The zero-order chi connectivity index (χ0) is 26.6. The molecule has 3 aromatic carbocycles. The number of fused-ring (bicyclic) bond motifs is 1. The van der Waals surface area contributed by atoms with E-state index in [0.29, 0.717) is 16.8 Å². The number of rotatable bonds is 7. The molecule has 1 heterocycles. The average Bonchev–Trinajstić information content (AvgIpc) is 3.33. The summed E-state index contributed by atoms with van der Waals surface area (Å²) in [6.07, 6.45) is 5.18. The van der Waals surface area contributed by atoms with E-state index in [0.717, 1.165) is 42.3 Å². The summed E-state index contributed by atoms with van der Waals surface area (Å²) in [5, 5.41) is 21.6. The van der Waals surface area contributed by atoms with Crippen molar-refractivity contribution in [1.29, 1.82) is 0 Å². The first-order valence-electron chi connectivity index (χ1n) is 13.2. The van der Waals surface area contributed by atoms with Gasteiger partial charge >= 0.3 is 0 Å². The molecule has 0 saturated heterocycles. The van der Waals surface area contributed by atoms with Crippen molar-refractivity contribution in [3.8, 4) is 5.75 Å². The topological polar surface area (TPSA) is 100 Å². The minimum Gasteiger partial charge on any atom is -0.508 e. The zero-order valence-corrected chi connectivity index (χ0v) is 21.8. The number of nitrogens with zero attached hydrogens (tertiary/aromatic N) is 4. The normalized spacial score (nSPS) is 14.8. The number of phenols is 1. The second-order valence-electron chi connectivity index (χ2n) is 10.1. The highest BCUT2D eigenvalue weighted by molar-refractivity contribution is 6.02. The van der Waals surface area contributed by atoms with E-state index >= 15 is 0 Å². The van der Waals surface area contributed by atoms with Crippen molar-refractivity contribution >= 4 is 28.5 Å². The number of nitrogens with one attached hydrogen (secondary N) is 1. The monoisotopic (exact) mass is 511 g/mol. The van der Waals surface area contributed by atoms with Gasteiger partial charge in [0.25, 0.3) is 0 Å². The number of aromatic nitrogens is 3. The van der Waals surface area contributed by atoms with E-state index < -0.39 is 6.04 Å². The predicted octanol–water partition coefficient (Wildman–Crippen LogP) is 4.98. The van der Waals surface area contributed by atoms with Gasteiger partial charge in [0.2, 0.25) is 11.8 Å². The van der Waals surface area contributed by atoms with Crippen LogP contribution in [0.1, 0.15) is 54.8 Å². The van der Waals surface area contributed by atoms with Crippen LogP contribution in [0.15, 0.2) is 66.7 Å². The SMILES string of the molecule is Cc1cccc(N(C(=O)Cn2nnc3ccccc32)C(C(=O)NC2CCCCC2)c2ccc(O)cc2)c1C. The van der Waals surface area contributed by atoms with Crippen LogP contribution in [0.25, 0.3) is 11.0 Å². The molecule has 1 fully saturated rings. The van der Waals surface area contributed by atoms with Crippen LogP contribution in [-0.2, 0) is 16.1 Å². The molecule has 1 aliphatic carbocycles. The van der Waals surface area contributed by atoms with E-state index in [-0.39, 0.29) is 30.2 Å². The fraction of sp³-hybridized carbons (Fsp3) is 0.333. The molecule has 2 amide bonds. The van der Waals surface area contributed by atoms with E-state index in [1.165, 1.54) is 6.42 Å². The Morgan fingerprint density at radius 2 is 1.74 bits per heavy atom. The minimum atomic E-state index is -0.930. The Labute approximate surface area is 222 Å². The molecule has 1 aromatic heterocycles. The Bertz CT molecular complexity index is 1440. The van der Waals surface area contributed by atoms with Gasteiger partial charge in [0, 0.05) is 11.7 Å². The van der Waals surface area contributed by atoms with E-state index in [9.17, 15) is 14.7 Å². The summed E-state index contributed by atoms with van der Waals surface area (Å²) >= 11 is 0. The van der Waals surface area contributed by atoms with Gasteiger partial charge < -0.3 is 10.4 Å². The standard InChI is InChI=1S/C30H33N5O3/c1-20-9-8-14-26(21(20)2)35(28(37)19-34-27-13-7-6-12-25(27)32-33-34)29(22-15-17-24(36)18-16-22)30(38)31-23-10-4-3-5-11-23/h6-9,12-18,23,29,36H,3-5,10-11,19H2,1-2H3,(H,31,38). The van der Waals surface area contributed by atoms with Crippen molar-refractivity contribution in [2.45, 2.75) is 64.6 Å². The second-order valence-corrected chi connectivity index (χ2v) is 10.1. The van der Waals surface area contributed by atoms with Crippen molar-refractivity contribution < 1.29 is 14.7 Å². The first kappa shape index (κ1) is 25.4. The van der Waals surface area contributed by atoms with Crippen molar-refractivity contribution in [3.63, 3.8) is 0 Å². The molecule has 8 nitrogen and oxygen atoms in total. The van der Waals surface area contributed by atoms with E-state index in [4.69, 9.17) is 0 Å². The number of hydrogen-bond acceptors (Lipinski definition) is 5. The zero-order valence-electron chi connectivity index (χ0n) is 21.8. The number of anilines is 1. The van der Waals surface area contributed by atoms with Crippen LogP contribution >= 0.6 is 0 Å². The summed E-state index contributed by atoms with van der Waals surface area (Å²) < 4.78 is 1.57. The molecular formula is C30H33N5O3. The molecule has 2 N–H and O–H groups in total. The van der Waals surface area contributed by atoms with Gasteiger partial charge in [0.05, 0.1) is 5.52 Å². The number of carbonyl (C=O) groups is 2. The highest BCUT2D eigenvalue weighted by Gasteiger charge is 2.35. The minimum absolute atomic E-state index is 0.0747. The third-order valence-corrected chi connectivity index (χ3v) is 7.48. The number of carbonyl (C=O) groups excluding carboxylic acids is 2. The molecule has 0 bridgehead atoms. The lowest BCUT2D eigenvalue weighted by Gasteiger charge is -2.34. The molecule has 8 heteroatoms. The summed E-state index contributed by atoms with van der Waals surface area (Å²) in [6, 6.07) is 18.9. The smallest absolute Gasteiger partial charge is 0.249 e. The fourth-order valence-electron chi connectivity index (χ4n) is 5.25. The van der Waals surface area contributed by atoms with Crippen LogP contribution in [0, 0.1) is 13.8 Å².